The SMILES string of the molecule is CCC(=O)Oc1c(Sc2ccc(C)cc2)c(C)nn1C(C)(C)C. The predicted molar refractivity (Wildman–Crippen MR) is 93.2 cm³/mol. The minimum Gasteiger partial charge on any atom is -0.406 e. The van der Waals surface area contributed by atoms with Crippen molar-refractivity contribution in [3.05, 3.63) is 35.5 Å². The number of carbonyl (C=O) groups is 1. The fourth-order valence-electron chi connectivity index (χ4n) is 2.06. The minimum absolute atomic E-state index is 0.249. The normalized spacial score (nSPS) is 11.6. The molecule has 0 fully saturated rings. The van der Waals surface area contributed by atoms with E-state index in [1.54, 1.807) is 23.4 Å². The van der Waals surface area contributed by atoms with E-state index in [9.17, 15) is 4.79 Å². The first-order chi connectivity index (χ1) is 10.7. The Balaban J connectivity index is 2.46. The summed E-state index contributed by atoms with van der Waals surface area (Å²) in [6, 6.07) is 8.28. The molecule has 2 rings (SSSR count). The van der Waals surface area contributed by atoms with Crippen LogP contribution in [0.15, 0.2) is 34.1 Å². The largest absolute Gasteiger partial charge is 0.406 e. The van der Waals surface area contributed by atoms with Crippen LogP contribution in [-0.2, 0) is 10.3 Å². The van der Waals surface area contributed by atoms with Crippen LogP contribution in [0.4, 0.5) is 0 Å². The molecule has 1 aromatic carbocycles. The van der Waals surface area contributed by atoms with Gasteiger partial charge in [0.2, 0.25) is 5.88 Å². The van der Waals surface area contributed by atoms with Crippen LogP contribution in [0, 0.1) is 13.8 Å². The van der Waals surface area contributed by atoms with Gasteiger partial charge in [-0.25, -0.2) is 4.68 Å². The zero-order valence-electron chi connectivity index (χ0n) is 14.6. The first-order valence-corrected chi connectivity index (χ1v) is 8.59. The maximum Gasteiger partial charge on any atom is 0.312 e. The van der Waals surface area contributed by atoms with Gasteiger partial charge < -0.3 is 4.74 Å². The smallest absolute Gasteiger partial charge is 0.312 e. The third-order valence-electron chi connectivity index (χ3n) is 3.34. The highest BCUT2D eigenvalue weighted by Gasteiger charge is 2.26. The van der Waals surface area contributed by atoms with Crippen molar-refractivity contribution in [3.8, 4) is 5.88 Å². The van der Waals surface area contributed by atoms with Crippen LogP contribution in [-0.4, -0.2) is 15.7 Å². The molecule has 0 aliphatic carbocycles. The number of hydrogen-bond acceptors (Lipinski definition) is 4. The van der Waals surface area contributed by atoms with Gasteiger partial charge in [-0.1, -0.05) is 36.4 Å². The Kier molecular flexibility index (Phi) is 5.19. The first kappa shape index (κ1) is 17.6. The maximum atomic E-state index is 11.8. The molecule has 0 bridgehead atoms. The molecule has 0 spiro atoms. The average Bonchev–Trinajstić information content (AvgIpc) is 2.78. The van der Waals surface area contributed by atoms with Crippen molar-refractivity contribution in [1.29, 1.82) is 0 Å². The number of carbonyl (C=O) groups excluding carboxylic acids is 1. The van der Waals surface area contributed by atoms with Crippen LogP contribution in [0.25, 0.3) is 0 Å². The molecule has 0 atom stereocenters. The van der Waals surface area contributed by atoms with Gasteiger partial charge in [-0.2, -0.15) is 5.10 Å². The van der Waals surface area contributed by atoms with Gasteiger partial charge in [0.15, 0.2) is 0 Å². The molecule has 5 heteroatoms. The lowest BCUT2D eigenvalue weighted by Crippen LogP contribution is -2.25. The van der Waals surface area contributed by atoms with Crippen LogP contribution in [0.3, 0.4) is 0 Å². The summed E-state index contributed by atoms with van der Waals surface area (Å²) in [5.41, 5.74) is 1.82. The summed E-state index contributed by atoms with van der Waals surface area (Å²) in [6.45, 7) is 11.9. The second-order valence-electron chi connectivity index (χ2n) is 6.55. The molecule has 0 amide bonds. The molecule has 23 heavy (non-hydrogen) atoms. The van der Waals surface area contributed by atoms with Gasteiger partial charge in [0.1, 0.15) is 0 Å². The van der Waals surface area contributed by atoms with Gasteiger partial charge in [0.25, 0.3) is 0 Å². The molecule has 4 nitrogen and oxygen atoms in total. The van der Waals surface area contributed by atoms with Crippen LogP contribution < -0.4 is 4.74 Å². The standard InChI is InChI=1S/C18H24N2O2S/c1-7-15(21)22-17-16(13(3)19-20(17)18(4,5)6)23-14-10-8-12(2)9-11-14/h8-11H,7H2,1-6H3. The number of aryl methyl sites for hydroxylation is 2. The zero-order chi connectivity index (χ0) is 17.2. The van der Waals surface area contributed by atoms with E-state index >= 15 is 0 Å². The molecule has 0 aliphatic rings. The van der Waals surface area contributed by atoms with Crippen LogP contribution >= 0.6 is 11.8 Å². The fourth-order valence-corrected chi connectivity index (χ4v) is 2.97. The highest BCUT2D eigenvalue weighted by molar-refractivity contribution is 7.99. The fraction of sp³-hybridized carbons (Fsp3) is 0.444. The minimum atomic E-state index is -0.264. The summed E-state index contributed by atoms with van der Waals surface area (Å²) in [4.78, 5) is 13.8. The Morgan fingerprint density at radius 3 is 2.35 bits per heavy atom. The third-order valence-corrected chi connectivity index (χ3v) is 4.52. The van der Waals surface area contributed by atoms with E-state index < -0.39 is 0 Å². The Labute approximate surface area is 142 Å². The molecule has 0 saturated carbocycles. The van der Waals surface area contributed by atoms with Gasteiger partial charge in [-0.3, -0.25) is 4.79 Å². The number of hydrogen-bond donors (Lipinski definition) is 0. The van der Waals surface area contributed by atoms with E-state index in [4.69, 9.17) is 4.74 Å². The van der Waals surface area contributed by atoms with Gasteiger partial charge >= 0.3 is 5.97 Å². The van der Waals surface area contributed by atoms with E-state index in [1.807, 2.05) is 27.7 Å². The number of rotatable bonds is 4. The summed E-state index contributed by atoms with van der Waals surface area (Å²) in [6.07, 6.45) is 0.336. The quantitative estimate of drug-likeness (QED) is 0.760. The second kappa shape index (κ2) is 6.79. The van der Waals surface area contributed by atoms with Crippen molar-refractivity contribution < 1.29 is 9.53 Å². The Morgan fingerprint density at radius 1 is 1.22 bits per heavy atom. The number of esters is 1. The Morgan fingerprint density at radius 2 is 1.83 bits per heavy atom. The van der Waals surface area contributed by atoms with E-state index in [0.29, 0.717) is 12.3 Å². The molecule has 2 aromatic rings. The third kappa shape index (κ3) is 4.16. The molecule has 0 unspecified atom stereocenters. The van der Waals surface area contributed by atoms with Crippen molar-refractivity contribution >= 4 is 17.7 Å². The van der Waals surface area contributed by atoms with Crippen molar-refractivity contribution in [2.24, 2.45) is 0 Å². The van der Waals surface area contributed by atoms with Gasteiger partial charge in [0.05, 0.1) is 16.1 Å². The topological polar surface area (TPSA) is 44.1 Å². The van der Waals surface area contributed by atoms with Crippen LogP contribution in [0.2, 0.25) is 0 Å². The van der Waals surface area contributed by atoms with E-state index in [1.165, 1.54) is 5.56 Å². The number of ether oxygens (including phenoxy) is 1. The molecule has 124 valence electrons. The molecule has 0 aliphatic heterocycles. The van der Waals surface area contributed by atoms with Crippen molar-refractivity contribution in [2.45, 2.75) is 63.3 Å². The Bertz CT molecular complexity index is 697. The predicted octanol–water partition coefficient (Wildman–Crippen LogP) is 4.72. The molecule has 1 aromatic heterocycles. The van der Waals surface area contributed by atoms with Gasteiger partial charge in [-0.15, -0.1) is 0 Å². The number of benzene rings is 1. The lowest BCUT2D eigenvalue weighted by molar-refractivity contribution is -0.134. The highest BCUT2D eigenvalue weighted by Crippen LogP contribution is 2.40. The van der Waals surface area contributed by atoms with Crippen molar-refractivity contribution in [1.82, 2.24) is 9.78 Å². The Hall–Kier alpha value is -1.75. The molecule has 0 saturated heterocycles. The first-order valence-electron chi connectivity index (χ1n) is 7.77. The lowest BCUT2D eigenvalue weighted by atomic mass is 10.1. The summed E-state index contributed by atoms with van der Waals surface area (Å²) in [5.74, 6) is 0.286. The van der Waals surface area contributed by atoms with E-state index in [2.05, 4.69) is 36.3 Å². The molecular weight excluding hydrogens is 308 g/mol. The summed E-state index contributed by atoms with van der Waals surface area (Å²) in [7, 11) is 0. The van der Waals surface area contributed by atoms with Gasteiger partial charge in [0, 0.05) is 11.3 Å². The zero-order valence-corrected chi connectivity index (χ0v) is 15.5. The highest BCUT2D eigenvalue weighted by atomic mass is 32.2. The van der Waals surface area contributed by atoms with E-state index in [-0.39, 0.29) is 11.5 Å². The van der Waals surface area contributed by atoms with Crippen molar-refractivity contribution in [2.75, 3.05) is 0 Å². The van der Waals surface area contributed by atoms with Crippen molar-refractivity contribution in [3.63, 3.8) is 0 Å². The second-order valence-corrected chi connectivity index (χ2v) is 7.63. The summed E-state index contributed by atoms with van der Waals surface area (Å²) < 4.78 is 7.41. The average molecular weight is 332 g/mol. The summed E-state index contributed by atoms with van der Waals surface area (Å²) >= 11 is 1.58. The van der Waals surface area contributed by atoms with Crippen LogP contribution in [0.5, 0.6) is 5.88 Å². The monoisotopic (exact) mass is 332 g/mol. The molecule has 0 radical (unpaired) electrons. The summed E-state index contributed by atoms with van der Waals surface area (Å²) in [5, 5.41) is 4.60. The lowest BCUT2D eigenvalue weighted by Gasteiger charge is -2.21. The molecule has 1 heterocycles. The number of aromatic nitrogens is 2. The van der Waals surface area contributed by atoms with Crippen LogP contribution in [0.1, 0.15) is 45.4 Å². The number of nitrogens with zero attached hydrogens (tertiary/aromatic N) is 2. The maximum absolute atomic E-state index is 11.8. The van der Waals surface area contributed by atoms with E-state index in [0.717, 1.165) is 15.5 Å². The molecular formula is C18H24N2O2S. The molecule has 0 N–H and O–H groups in total. The van der Waals surface area contributed by atoms with Gasteiger partial charge in [-0.05, 0) is 46.8 Å².